The Morgan fingerprint density at radius 1 is 1.16 bits per heavy atom. The molecule has 2 aromatic rings. The number of pyridine rings is 1. The Hall–Kier alpha value is -1.97. The summed E-state index contributed by atoms with van der Waals surface area (Å²) < 4.78 is 0. The summed E-state index contributed by atoms with van der Waals surface area (Å²) in [6.07, 6.45) is 3.73. The average Bonchev–Trinajstić information content (AvgIpc) is 2.44. The van der Waals surface area contributed by atoms with Crippen molar-refractivity contribution in [3.8, 4) is 11.3 Å². The minimum absolute atomic E-state index is 0.832. The zero-order chi connectivity index (χ0) is 13.7. The van der Waals surface area contributed by atoms with Crippen LogP contribution < -0.4 is 5.32 Å². The van der Waals surface area contributed by atoms with Crippen molar-refractivity contribution in [3.63, 3.8) is 0 Å². The molecule has 0 fully saturated rings. The zero-order valence-electron chi connectivity index (χ0n) is 11.8. The lowest BCUT2D eigenvalue weighted by atomic mass is 10.1. The number of rotatable bonds is 5. The molecule has 0 saturated heterocycles. The van der Waals surface area contributed by atoms with Crippen molar-refractivity contribution in [3.05, 3.63) is 35.9 Å². The summed E-state index contributed by atoms with van der Waals surface area (Å²) in [5.74, 6) is 1.77. The largest absolute Gasteiger partial charge is 0.370 e. The summed E-state index contributed by atoms with van der Waals surface area (Å²) in [4.78, 5) is 13.3. The smallest absolute Gasteiger partial charge is 0.131 e. The standard InChI is InChI=1S/C15H20N4/c1-4-7-17-15-10-13(18-14(5-2)19-15)12-6-8-16-11(3)9-12/h6,8-10H,4-5,7H2,1-3H3,(H,17,18,19). The van der Waals surface area contributed by atoms with Gasteiger partial charge in [0.2, 0.25) is 0 Å². The van der Waals surface area contributed by atoms with Crippen LogP contribution in [0.4, 0.5) is 5.82 Å². The predicted molar refractivity (Wildman–Crippen MR) is 78.2 cm³/mol. The highest BCUT2D eigenvalue weighted by Gasteiger charge is 2.06. The van der Waals surface area contributed by atoms with E-state index < -0.39 is 0 Å². The zero-order valence-corrected chi connectivity index (χ0v) is 11.8. The van der Waals surface area contributed by atoms with E-state index in [9.17, 15) is 0 Å². The van der Waals surface area contributed by atoms with E-state index in [0.29, 0.717) is 0 Å². The van der Waals surface area contributed by atoms with Crippen LogP contribution in [0.1, 0.15) is 31.8 Å². The Balaban J connectivity index is 2.38. The second-order valence-corrected chi connectivity index (χ2v) is 4.52. The summed E-state index contributed by atoms with van der Waals surface area (Å²) in [7, 11) is 0. The van der Waals surface area contributed by atoms with Gasteiger partial charge in [0.15, 0.2) is 0 Å². The number of aromatic nitrogens is 3. The second kappa shape index (κ2) is 6.27. The predicted octanol–water partition coefficient (Wildman–Crippen LogP) is 3.23. The topological polar surface area (TPSA) is 50.7 Å². The van der Waals surface area contributed by atoms with Crippen LogP contribution in [-0.4, -0.2) is 21.5 Å². The van der Waals surface area contributed by atoms with E-state index in [2.05, 4.69) is 34.1 Å². The van der Waals surface area contributed by atoms with Gasteiger partial charge in [0.1, 0.15) is 11.6 Å². The van der Waals surface area contributed by atoms with Crippen molar-refractivity contribution in [1.82, 2.24) is 15.0 Å². The summed E-state index contributed by atoms with van der Waals surface area (Å²) in [5, 5.41) is 3.33. The normalized spacial score (nSPS) is 10.5. The highest BCUT2D eigenvalue weighted by atomic mass is 15.0. The number of hydrogen-bond acceptors (Lipinski definition) is 4. The van der Waals surface area contributed by atoms with Crippen molar-refractivity contribution in [2.45, 2.75) is 33.6 Å². The van der Waals surface area contributed by atoms with E-state index in [-0.39, 0.29) is 0 Å². The van der Waals surface area contributed by atoms with Gasteiger partial charge < -0.3 is 5.32 Å². The molecule has 100 valence electrons. The summed E-state index contributed by atoms with van der Waals surface area (Å²) in [5.41, 5.74) is 3.04. The Kier molecular flexibility index (Phi) is 4.44. The van der Waals surface area contributed by atoms with E-state index >= 15 is 0 Å². The quantitative estimate of drug-likeness (QED) is 0.892. The maximum absolute atomic E-state index is 4.59. The molecule has 0 aliphatic rings. The van der Waals surface area contributed by atoms with Crippen LogP contribution in [0.15, 0.2) is 24.4 Å². The monoisotopic (exact) mass is 256 g/mol. The van der Waals surface area contributed by atoms with Crippen molar-refractivity contribution in [2.24, 2.45) is 0 Å². The molecule has 0 aliphatic carbocycles. The van der Waals surface area contributed by atoms with Crippen LogP contribution in [0.3, 0.4) is 0 Å². The molecule has 0 spiro atoms. The molecule has 0 amide bonds. The average molecular weight is 256 g/mol. The molecule has 0 radical (unpaired) electrons. The molecule has 2 rings (SSSR count). The fraction of sp³-hybridized carbons (Fsp3) is 0.400. The minimum Gasteiger partial charge on any atom is -0.370 e. The van der Waals surface area contributed by atoms with Gasteiger partial charge >= 0.3 is 0 Å². The maximum atomic E-state index is 4.59. The van der Waals surface area contributed by atoms with Crippen molar-refractivity contribution >= 4 is 5.82 Å². The second-order valence-electron chi connectivity index (χ2n) is 4.52. The Morgan fingerprint density at radius 2 is 2.00 bits per heavy atom. The van der Waals surface area contributed by atoms with Crippen molar-refractivity contribution in [1.29, 1.82) is 0 Å². The first-order chi connectivity index (χ1) is 9.22. The van der Waals surface area contributed by atoms with E-state index in [0.717, 1.165) is 48.0 Å². The highest BCUT2D eigenvalue weighted by molar-refractivity contribution is 5.62. The van der Waals surface area contributed by atoms with Crippen molar-refractivity contribution in [2.75, 3.05) is 11.9 Å². The third-order valence-corrected chi connectivity index (χ3v) is 2.84. The van der Waals surface area contributed by atoms with E-state index in [1.165, 1.54) is 0 Å². The molecule has 4 heteroatoms. The van der Waals surface area contributed by atoms with Gasteiger partial charge in [0.05, 0.1) is 5.69 Å². The Bertz CT molecular complexity index is 552. The highest BCUT2D eigenvalue weighted by Crippen LogP contribution is 2.20. The molecular weight excluding hydrogens is 236 g/mol. The molecule has 0 aromatic carbocycles. The van der Waals surface area contributed by atoms with Gasteiger partial charge in [0.25, 0.3) is 0 Å². The molecular formula is C15H20N4. The lowest BCUT2D eigenvalue weighted by Crippen LogP contribution is -2.05. The first-order valence-electron chi connectivity index (χ1n) is 6.77. The molecule has 0 aliphatic heterocycles. The van der Waals surface area contributed by atoms with E-state index in [1.54, 1.807) is 0 Å². The molecule has 0 unspecified atom stereocenters. The summed E-state index contributed by atoms with van der Waals surface area (Å²) in [6, 6.07) is 6.04. The maximum Gasteiger partial charge on any atom is 0.131 e. The SMILES string of the molecule is CCCNc1cc(-c2ccnc(C)c2)nc(CC)n1. The van der Waals surface area contributed by atoms with E-state index in [4.69, 9.17) is 0 Å². The van der Waals surface area contributed by atoms with Crippen LogP contribution in [0.2, 0.25) is 0 Å². The molecule has 0 saturated carbocycles. The summed E-state index contributed by atoms with van der Waals surface area (Å²) >= 11 is 0. The Labute approximate surface area is 114 Å². The first kappa shape index (κ1) is 13.5. The molecule has 4 nitrogen and oxygen atoms in total. The Morgan fingerprint density at radius 3 is 2.68 bits per heavy atom. The third kappa shape index (κ3) is 3.50. The van der Waals surface area contributed by atoms with E-state index in [1.807, 2.05) is 31.3 Å². The van der Waals surface area contributed by atoms with Crippen LogP contribution in [0, 0.1) is 6.92 Å². The van der Waals surface area contributed by atoms with Crippen LogP contribution >= 0.6 is 0 Å². The molecule has 2 aromatic heterocycles. The number of aryl methyl sites for hydroxylation is 2. The fourth-order valence-corrected chi connectivity index (χ4v) is 1.85. The van der Waals surface area contributed by atoms with Crippen LogP contribution in [-0.2, 0) is 6.42 Å². The van der Waals surface area contributed by atoms with Gasteiger partial charge in [-0.3, -0.25) is 4.98 Å². The number of hydrogen-bond donors (Lipinski definition) is 1. The first-order valence-corrected chi connectivity index (χ1v) is 6.77. The molecule has 19 heavy (non-hydrogen) atoms. The lowest BCUT2D eigenvalue weighted by Gasteiger charge is -2.09. The van der Waals surface area contributed by atoms with Gasteiger partial charge in [-0.1, -0.05) is 13.8 Å². The number of anilines is 1. The van der Waals surface area contributed by atoms with Crippen LogP contribution in [0.5, 0.6) is 0 Å². The van der Waals surface area contributed by atoms with Gasteiger partial charge in [0, 0.05) is 36.5 Å². The number of nitrogens with one attached hydrogen (secondary N) is 1. The molecule has 0 atom stereocenters. The van der Waals surface area contributed by atoms with Crippen molar-refractivity contribution < 1.29 is 0 Å². The van der Waals surface area contributed by atoms with Gasteiger partial charge in [-0.2, -0.15) is 0 Å². The fourth-order valence-electron chi connectivity index (χ4n) is 1.85. The van der Waals surface area contributed by atoms with Gasteiger partial charge in [-0.15, -0.1) is 0 Å². The van der Waals surface area contributed by atoms with Crippen LogP contribution in [0.25, 0.3) is 11.3 Å². The lowest BCUT2D eigenvalue weighted by molar-refractivity contribution is 0.919. The van der Waals surface area contributed by atoms with Gasteiger partial charge in [-0.25, -0.2) is 9.97 Å². The molecule has 2 heterocycles. The summed E-state index contributed by atoms with van der Waals surface area (Å²) in [6.45, 7) is 7.12. The molecule has 1 N–H and O–H groups in total. The number of nitrogens with zero attached hydrogens (tertiary/aromatic N) is 3. The van der Waals surface area contributed by atoms with Gasteiger partial charge in [-0.05, 0) is 25.5 Å². The third-order valence-electron chi connectivity index (χ3n) is 2.84. The molecule has 0 bridgehead atoms. The minimum atomic E-state index is 0.832.